The average Bonchev–Trinajstić information content (AvgIpc) is 3.30. The number of thioether (sulfide) groups is 1. The van der Waals surface area contributed by atoms with Gasteiger partial charge in [0.05, 0.1) is 11.4 Å². The molecule has 2 aromatic rings. The summed E-state index contributed by atoms with van der Waals surface area (Å²) < 4.78 is 1.01. The number of carboxylic acid groups (broad SMARTS) is 1. The normalized spacial score (nSPS) is 18.4. The zero-order chi connectivity index (χ0) is 21.3. The van der Waals surface area contributed by atoms with E-state index in [0.717, 1.165) is 58.5 Å². The minimum absolute atomic E-state index is 0. The van der Waals surface area contributed by atoms with Crippen LogP contribution in [0.4, 0.5) is 11.4 Å². The molecule has 0 atom stereocenters. The molecule has 1 aliphatic carbocycles. The van der Waals surface area contributed by atoms with Gasteiger partial charge in [0.1, 0.15) is 5.54 Å². The van der Waals surface area contributed by atoms with Gasteiger partial charge in [0.25, 0.3) is 0 Å². The Morgan fingerprint density at radius 1 is 1.16 bits per heavy atom. The highest BCUT2D eigenvalue weighted by atomic mass is 79.9. The summed E-state index contributed by atoms with van der Waals surface area (Å²) in [6.45, 7) is 4.14. The fourth-order valence-corrected chi connectivity index (χ4v) is 5.40. The minimum Gasteiger partial charge on any atom is -0.481 e. The number of aryl methyl sites for hydroxylation is 2. The molecule has 4 rings (SSSR count). The van der Waals surface area contributed by atoms with Gasteiger partial charge in [-0.1, -0.05) is 58.7 Å². The Hall–Kier alpha value is -1.64. The third kappa shape index (κ3) is 4.76. The predicted octanol–water partition coefficient (Wildman–Crippen LogP) is 6.68. The van der Waals surface area contributed by atoms with Gasteiger partial charge in [-0.05, 0) is 62.1 Å². The van der Waals surface area contributed by atoms with E-state index in [9.17, 15) is 9.90 Å². The van der Waals surface area contributed by atoms with Crippen molar-refractivity contribution < 1.29 is 9.90 Å². The molecule has 1 spiro atoms. The van der Waals surface area contributed by atoms with Crippen LogP contribution in [0.1, 0.15) is 36.8 Å². The van der Waals surface area contributed by atoms with Gasteiger partial charge in [-0.25, -0.2) is 9.98 Å². The second-order valence-electron chi connectivity index (χ2n) is 7.80. The van der Waals surface area contributed by atoms with E-state index in [1.807, 2.05) is 18.2 Å². The van der Waals surface area contributed by atoms with Crippen molar-refractivity contribution in [2.75, 3.05) is 10.7 Å². The molecule has 0 bridgehead atoms. The number of carbonyl (C=O) groups is 1. The summed E-state index contributed by atoms with van der Waals surface area (Å²) in [6.07, 6.45) is 4.11. The van der Waals surface area contributed by atoms with Gasteiger partial charge in [-0.3, -0.25) is 4.79 Å². The summed E-state index contributed by atoms with van der Waals surface area (Å²) in [5.74, 6) is -0.0780. The van der Waals surface area contributed by atoms with Gasteiger partial charge in [0.2, 0.25) is 0 Å². The maximum Gasteiger partial charge on any atom is 0.313 e. The number of aliphatic imine (C=N–C) groups is 2. The molecule has 5 nitrogen and oxygen atoms in total. The third-order valence-corrected chi connectivity index (χ3v) is 7.19. The second kappa shape index (κ2) is 9.88. The predicted molar refractivity (Wildman–Crippen MR) is 139 cm³/mol. The summed E-state index contributed by atoms with van der Waals surface area (Å²) >= 11 is 4.78. The number of amidine groups is 2. The number of nitrogens with zero attached hydrogens (tertiary/aromatic N) is 3. The highest BCUT2D eigenvalue weighted by Gasteiger charge is 2.51. The number of hydrogen-bond acceptors (Lipinski definition) is 4. The maximum atomic E-state index is 11.3. The molecule has 0 aromatic heterocycles. The SMILES string of the molecule is Br.Cc1cccc(C)c1N=C1N=C(SCC(=O)O)N(c2ccc(Br)cc2)C12CCCC2. The zero-order valence-corrected chi connectivity index (χ0v) is 21.6. The number of para-hydroxylation sites is 1. The van der Waals surface area contributed by atoms with Gasteiger partial charge in [0, 0.05) is 10.2 Å². The van der Waals surface area contributed by atoms with Crippen molar-refractivity contribution >= 4 is 73.0 Å². The number of benzene rings is 2. The van der Waals surface area contributed by atoms with E-state index < -0.39 is 5.97 Å². The quantitative estimate of drug-likeness (QED) is 0.448. The average molecular weight is 567 g/mol. The smallest absolute Gasteiger partial charge is 0.313 e. The van der Waals surface area contributed by atoms with E-state index in [1.54, 1.807) is 0 Å². The van der Waals surface area contributed by atoms with Gasteiger partial charge < -0.3 is 10.0 Å². The van der Waals surface area contributed by atoms with Crippen molar-refractivity contribution in [2.45, 2.75) is 45.1 Å². The highest BCUT2D eigenvalue weighted by Crippen LogP contribution is 2.46. The van der Waals surface area contributed by atoms with E-state index in [4.69, 9.17) is 9.98 Å². The molecule has 0 amide bonds. The molecule has 0 radical (unpaired) electrons. The standard InChI is InChI=1S/C23H24BrN3O2S.BrH/c1-15-6-5-7-16(2)20(15)25-21-23(12-3-4-13-23)27(18-10-8-17(24)9-11-18)22(26-21)30-14-19(28)29;/h5-11H,3-4,12-14H2,1-2H3,(H,28,29);1H. The first-order valence-electron chi connectivity index (χ1n) is 10.1. The largest absolute Gasteiger partial charge is 0.481 e. The van der Waals surface area contributed by atoms with Crippen molar-refractivity contribution in [3.8, 4) is 0 Å². The summed E-state index contributed by atoms with van der Waals surface area (Å²) in [4.78, 5) is 23.5. The first-order valence-corrected chi connectivity index (χ1v) is 11.8. The monoisotopic (exact) mass is 565 g/mol. The van der Waals surface area contributed by atoms with E-state index >= 15 is 0 Å². The van der Waals surface area contributed by atoms with Gasteiger partial charge in [-0.2, -0.15) is 0 Å². The van der Waals surface area contributed by atoms with Crippen LogP contribution in [0.2, 0.25) is 0 Å². The Labute approximate surface area is 206 Å². The van der Waals surface area contributed by atoms with E-state index in [0.29, 0.717) is 5.17 Å². The van der Waals surface area contributed by atoms with Crippen molar-refractivity contribution in [3.05, 3.63) is 58.1 Å². The molecule has 1 saturated carbocycles. The van der Waals surface area contributed by atoms with Crippen LogP contribution in [-0.2, 0) is 4.79 Å². The molecule has 164 valence electrons. The van der Waals surface area contributed by atoms with Gasteiger partial charge >= 0.3 is 5.97 Å². The van der Waals surface area contributed by atoms with E-state index in [1.165, 1.54) is 11.8 Å². The van der Waals surface area contributed by atoms with Crippen LogP contribution in [0.15, 0.2) is 56.9 Å². The number of hydrogen-bond donors (Lipinski definition) is 1. The molecule has 1 heterocycles. The summed E-state index contributed by atoms with van der Waals surface area (Å²) in [6, 6.07) is 14.3. The molecule has 31 heavy (non-hydrogen) atoms. The third-order valence-electron chi connectivity index (χ3n) is 5.73. The number of halogens is 2. The number of aliphatic carboxylic acids is 1. The topological polar surface area (TPSA) is 65.3 Å². The lowest BCUT2D eigenvalue weighted by Gasteiger charge is -2.36. The number of anilines is 1. The molecule has 8 heteroatoms. The first kappa shape index (κ1) is 24.0. The Kier molecular flexibility index (Phi) is 7.65. The lowest BCUT2D eigenvalue weighted by molar-refractivity contribution is -0.133. The van der Waals surface area contributed by atoms with Crippen molar-refractivity contribution in [1.29, 1.82) is 0 Å². The molecular weight excluding hydrogens is 542 g/mol. The molecular formula is C23H25Br2N3O2S. The zero-order valence-electron chi connectivity index (χ0n) is 17.5. The fourth-order valence-electron chi connectivity index (χ4n) is 4.32. The Bertz CT molecular complexity index is 1010. The second-order valence-corrected chi connectivity index (χ2v) is 9.66. The van der Waals surface area contributed by atoms with Crippen LogP contribution in [-0.4, -0.2) is 33.4 Å². The lowest BCUT2D eigenvalue weighted by Crippen LogP contribution is -2.49. The maximum absolute atomic E-state index is 11.3. The van der Waals surface area contributed by atoms with Gasteiger partial charge in [0.15, 0.2) is 11.0 Å². The Balaban J connectivity index is 0.00000272. The fraction of sp³-hybridized carbons (Fsp3) is 0.348. The Morgan fingerprint density at radius 3 is 2.35 bits per heavy atom. The summed E-state index contributed by atoms with van der Waals surface area (Å²) in [7, 11) is 0. The molecule has 0 unspecified atom stereocenters. The van der Waals surface area contributed by atoms with Crippen LogP contribution in [0.3, 0.4) is 0 Å². The molecule has 1 aliphatic heterocycles. The highest BCUT2D eigenvalue weighted by molar-refractivity contribution is 9.10. The number of rotatable bonds is 4. The van der Waals surface area contributed by atoms with Crippen LogP contribution < -0.4 is 4.90 Å². The Morgan fingerprint density at radius 2 is 1.77 bits per heavy atom. The van der Waals surface area contributed by atoms with Crippen molar-refractivity contribution in [3.63, 3.8) is 0 Å². The molecule has 2 aromatic carbocycles. The molecule has 1 N–H and O–H groups in total. The van der Waals surface area contributed by atoms with Crippen LogP contribution in [0.25, 0.3) is 0 Å². The van der Waals surface area contributed by atoms with Gasteiger partial charge in [-0.15, -0.1) is 17.0 Å². The van der Waals surface area contributed by atoms with Crippen LogP contribution in [0.5, 0.6) is 0 Å². The summed E-state index contributed by atoms with van der Waals surface area (Å²) in [5.41, 5.74) is 3.88. The van der Waals surface area contributed by atoms with Crippen LogP contribution in [0, 0.1) is 13.8 Å². The van der Waals surface area contributed by atoms with Crippen molar-refractivity contribution in [1.82, 2.24) is 0 Å². The first-order chi connectivity index (χ1) is 14.4. The lowest BCUT2D eigenvalue weighted by atomic mass is 9.94. The van der Waals surface area contributed by atoms with Crippen molar-refractivity contribution in [2.24, 2.45) is 9.98 Å². The summed E-state index contributed by atoms with van der Waals surface area (Å²) in [5, 5.41) is 9.98. The molecule has 1 fully saturated rings. The minimum atomic E-state index is -0.848. The van der Waals surface area contributed by atoms with Crippen LogP contribution >= 0.6 is 44.7 Å². The van der Waals surface area contributed by atoms with E-state index in [2.05, 4.69) is 58.9 Å². The number of carboxylic acids is 1. The van der Waals surface area contributed by atoms with E-state index in [-0.39, 0.29) is 28.3 Å². The molecule has 0 saturated heterocycles. The molecule has 2 aliphatic rings.